The van der Waals surface area contributed by atoms with Gasteiger partial charge < -0.3 is 19.9 Å². The van der Waals surface area contributed by atoms with Gasteiger partial charge >= 0.3 is 6.09 Å². The molecule has 86 heavy (non-hydrogen) atoms. The molecule has 8 nitrogen and oxygen atoms in total. The SMILES string of the molecule is C1=CC2(CCNCC2)c2ncccc21.CC(C)(C)OC(=O)N1CCC2(C=Cc3cccnc32)CC1.Fc1ccc(C(CCCCl)c2ccc(F)cc2)cc1.Fc1ccc(C(CCCN2CCC3(C=Cc4cccnc43)CC2)c2ccc(F)cc2)cc1. The number of halogens is 5. The Morgan fingerprint density at radius 1 is 0.523 bits per heavy atom. The summed E-state index contributed by atoms with van der Waals surface area (Å²) in [5.74, 6) is -0.116. The number of alkyl halides is 1. The van der Waals surface area contributed by atoms with Crippen LogP contribution in [0.2, 0.25) is 0 Å². The molecule has 6 heterocycles. The van der Waals surface area contributed by atoms with Crippen molar-refractivity contribution in [2.75, 3.05) is 51.7 Å². The predicted molar refractivity (Wildman–Crippen MR) is 338 cm³/mol. The van der Waals surface area contributed by atoms with Crippen LogP contribution in [0.25, 0.3) is 18.2 Å². The first-order valence-electron chi connectivity index (χ1n) is 30.6. The van der Waals surface area contributed by atoms with Gasteiger partial charge in [-0.05, 0) is 223 Å². The monoisotopic (exact) mass is 1180 g/mol. The molecule has 0 atom stereocenters. The Morgan fingerprint density at radius 2 is 0.872 bits per heavy atom. The largest absolute Gasteiger partial charge is 0.444 e. The van der Waals surface area contributed by atoms with Crippen molar-refractivity contribution in [3.63, 3.8) is 0 Å². The van der Waals surface area contributed by atoms with Crippen LogP contribution in [-0.2, 0) is 21.0 Å². The number of nitrogens with zero attached hydrogens (tertiary/aromatic N) is 5. The molecule has 13 rings (SSSR count). The molecule has 0 unspecified atom stereocenters. The Balaban J connectivity index is 0.000000133. The molecule has 3 spiro atoms. The van der Waals surface area contributed by atoms with Crippen molar-refractivity contribution < 1.29 is 27.1 Å². The number of amides is 1. The lowest BCUT2D eigenvalue weighted by Crippen LogP contribution is -2.46. The molecule has 1 N–H and O–H groups in total. The third kappa shape index (κ3) is 15.1. The summed E-state index contributed by atoms with van der Waals surface area (Å²) in [5, 5.41) is 3.41. The molecule has 1 amide bonds. The van der Waals surface area contributed by atoms with Crippen molar-refractivity contribution in [1.82, 2.24) is 30.1 Å². The first kappa shape index (κ1) is 61.8. The lowest BCUT2D eigenvalue weighted by Gasteiger charge is -2.38. The highest BCUT2D eigenvalue weighted by atomic mass is 35.5. The number of carbonyl (C=O) groups is 1. The number of fused-ring (bicyclic) bond motifs is 6. The maximum atomic E-state index is 13.5. The smallest absolute Gasteiger partial charge is 0.410 e. The number of pyridine rings is 3. The molecule has 0 saturated carbocycles. The molecule has 0 bridgehead atoms. The van der Waals surface area contributed by atoms with E-state index in [1.807, 2.05) is 86.7 Å². The molecule has 448 valence electrons. The highest BCUT2D eigenvalue weighted by Gasteiger charge is 2.42. The van der Waals surface area contributed by atoms with Crippen molar-refractivity contribution in [3.8, 4) is 0 Å². The summed E-state index contributed by atoms with van der Waals surface area (Å²) in [6, 6.07) is 38.8. The Hall–Kier alpha value is -7.25. The zero-order chi connectivity index (χ0) is 60.2. The maximum Gasteiger partial charge on any atom is 0.410 e. The van der Waals surface area contributed by atoms with E-state index in [1.54, 1.807) is 24.3 Å². The average Bonchev–Trinajstić information content (AvgIpc) is 2.77. The summed E-state index contributed by atoms with van der Waals surface area (Å²) in [6.07, 6.45) is 29.2. The molecule has 0 radical (unpaired) electrons. The number of likely N-dealkylation sites (tertiary alicyclic amines) is 2. The highest BCUT2D eigenvalue weighted by Crippen LogP contribution is 2.45. The average molecular weight is 1180 g/mol. The van der Waals surface area contributed by atoms with Crippen LogP contribution < -0.4 is 5.32 Å². The molecule has 13 heteroatoms. The third-order valence-corrected chi connectivity index (χ3v) is 18.2. The first-order valence-corrected chi connectivity index (χ1v) is 31.1. The number of aromatic nitrogens is 3. The normalized spacial score (nSPS) is 17.3. The Morgan fingerprint density at radius 3 is 1.23 bits per heavy atom. The van der Waals surface area contributed by atoms with Gasteiger partial charge in [0.1, 0.15) is 28.9 Å². The van der Waals surface area contributed by atoms with Gasteiger partial charge in [-0.25, -0.2) is 22.4 Å². The zero-order valence-electron chi connectivity index (χ0n) is 49.7. The van der Waals surface area contributed by atoms with Crippen LogP contribution in [0.15, 0.2) is 170 Å². The van der Waals surface area contributed by atoms with Gasteiger partial charge in [0.2, 0.25) is 0 Å². The van der Waals surface area contributed by atoms with Crippen LogP contribution in [0.3, 0.4) is 0 Å². The van der Waals surface area contributed by atoms with E-state index in [9.17, 15) is 22.4 Å². The van der Waals surface area contributed by atoms with E-state index in [2.05, 4.69) is 74.8 Å². The number of piperidine rings is 3. The van der Waals surface area contributed by atoms with E-state index >= 15 is 0 Å². The zero-order valence-corrected chi connectivity index (χ0v) is 50.5. The van der Waals surface area contributed by atoms with Gasteiger partial charge in [0, 0.05) is 65.6 Å². The first-order chi connectivity index (χ1) is 41.6. The van der Waals surface area contributed by atoms with Gasteiger partial charge in [0.15, 0.2) is 0 Å². The van der Waals surface area contributed by atoms with Crippen molar-refractivity contribution in [3.05, 3.63) is 250 Å². The quantitative estimate of drug-likeness (QED) is 0.102. The minimum Gasteiger partial charge on any atom is -0.444 e. The second-order valence-corrected chi connectivity index (χ2v) is 25.0. The standard InChI is InChI=1S/C28H28F2N2.C17H22N2O2.C16H15ClF2.C12H14N2/c29-24-9-5-21(6-10-24)26(22-7-11-25(30)12-8-22)4-2-18-32-19-15-28(16-20-32)14-13-23-3-1-17-31-27(23)28;1-16(2,3)21-15(20)19-11-8-17(9-12-19)7-6-13-5-4-10-18-14(13)17;17-11-1-2-16(12-3-7-14(18)8-4-12)13-5-9-15(19)10-6-13;1-2-10-3-4-12(11(10)14-7-1)5-8-13-9-6-12/h1,3,5-14,17,26H,2,4,15-16,18-20H2;4-7,10H,8-9,11-12H2,1-3H3;3-10,16H,1-2,11H2;1-4,7,13H,5-6,8-9H2. The van der Waals surface area contributed by atoms with Crippen LogP contribution in [-0.4, -0.2) is 88.1 Å². The second-order valence-electron chi connectivity index (χ2n) is 24.6. The lowest BCUT2D eigenvalue weighted by molar-refractivity contribution is 0.0182. The van der Waals surface area contributed by atoms with E-state index in [0.717, 1.165) is 125 Å². The lowest BCUT2D eigenvalue weighted by atomic mass is 9.77. The van der Waals surface area contributed by atoms with Gasteiger partial charge in [0.25, 0.3) is 0 Å². The fraction of sp³-hybridized carbons (Fsp3) is 0.370. The minimum absolute atomic E-state index is 0.00903. The van der Waals surface area contributed by atoms with Gasteiger partial charge in [0.05, 0.1) is 17.1 Å². The number of hydrogen-bond acceptors (Lipinski definition) is 7. The molecule has 6 aliphatic rings. The molecule has 3 aromatic heterocycles. The summed E-state index contributed by atoms with van der Waals surface area (Å²) in [5.41, 5.74) is 11.6. The number of carbonyl (C=O) groups excluding carboxylic acids is 1. The van der Waals surface area contributed by atoms with Gasteiger partial charge in [-0.2, -0.15) is 0 Å². The van der Waals surface area contributed by atoms with Crippen molar-refractivity contribution in [2.45, 2.75) is 119 Å². The van der Waals surface area contributed by atoms with Crippen LogP contribution in [0.4, 0.5) is 22.4 Å². The fourth-order valence-electron chi connectivity index (χ4n) is 13.2. The van der Waals surface area contributed by atoms with Crippen molar-refractivity contribution in [1.29, 1.82) is 0 Å². The van der Waals surface area contributed by atoms with E-state index in [4.69, 9.17) is 21.3 Å². The summed E-state index contributed by atoms with van der Waals surface area (Å²) in [6.45, 7) is 12.5. The Bertz CT molecular complexity index is 3340. The Kier molecular flexibility index (Phi) is 20.2. The molecular formula is C73H79ClF4N6O2. The van der Waals surface area contributed by atoms with Crippen LogP contribution >= 0.6 is 11.6 Å². The predicted octanol–water partition coefficient (Wildman–Crippen LogP) is 16.6. The molecule has 3 aliphatic heterocycles. The van der Waals surface area contributed by atoms with E-state index in [-0.39, 0.29) is 57.4 Å². The number of nitrogens with one attached hydrogen (secondary N) is 1. The molecule has 3 aliphatic carbocycles. The fourth-order valence-corrected chi connectivity index (χ4v) is 13.3. The van der Waals surface area contributed by atoms with E-state index < -0.39 is 5.60 Å². The van der Waals surface area contributed by atoms with Gasteiger partial charge in [-0.15, -0.1) is 11.6 Å². The summed E-state index contributed by atoms with van der Waals surface area (Å²) in [7, 11) is 0. The molecule has 3 saturated heterocycles. The summed E-state index contributed by atoms with van der Waals surface area (Å²) < 4.78 is 58.3. The number of rotatable bonds is 11. The summed E-state index contributed by atoms with van der Waals surface area (Å²) >= 11 is 5.75. The van der Waals surface area contributed by atoms with Gasteiger partial charge in [-0.1, -0.05) is 103 Å². The number of benzene rings is 4. The molecule has 7 aromatic rings. The van der Waals surface area contributed by atoms with E-state index in [0.29, 0.717) is 5.88 Å². The summed E-state index contributed by atoms with van der Waals surface area (Å²) in [4.78, 5) is 30.3. The maximum absolute atomic E-state index is 13.5. The van der Waals surface area contributed by atoms with Crippen LogP contribution in [0.5, 0.6) is 0 Å². The van der Waals surface area contributed by atoms with E-state index in [1.165, 1.54) is 89.5 Å². The topological polar surface area (TPSA) is 83.5 Å². The third-order valence-electron chi connectivity index (χ3n) is 17.9. The molecular weight excluding hydrogens is 1100 g/mol. The van der Waals surface area contributed by atoms with Crippen molar-refractivity contribution >= 4 is 35.9 Å². The highest BCUT2D eigenvalue weighted by molar-refractivity contribution is 6.17. The number of ether oxygens (including phenoxy) is 1. The minimum atomic E-state index is -0.437. The Labute approximate surface area is 510 Å². The van der Waals surface area contributed by atoms with Crippen molar-refractivity contribution in [2.24, 2.45) is 0 Å². The van der Waals surface area contributed by atoms with Gasteiger partial charge in [-0.3, -0.25) is 15.0 Å². The number of allylic oxidation sites excluding steroid dienone is 3. The van der Waals surface area contributed by atoms with Crippen LogP contribution in [0.1, 0.15) is 153 Å². The van der Waals surface area contributed by atoms with Crippen LogP contribution in [0, 0.1) is 23.3 Å². The second kappa shape index (κ2) is 28.1. The number of hydrogen-bond donors (Lipinski definition) is 1. The molecule has 4 aromatic carbocycles. The molecule has 3 fully saturated rings.